The van der Waals surface area contributed by atoms with Crippen LogP contribution >= 0.6 is 0 Å². The quantitative estimate of drug-likeness (QED) is 0.317. The van der Waals surface area contributed by atoms with Gasteiger partial charge in [0.25, 0.3) is 5.56 Å². The molecule has 0 aliphatic carbocycles. The number of ether oxygens (including phenoxy) is 2. The third-order valence-electron chi connectivity index (χ3n) is 7.68. The number of piperidine rings is 1. The topological polar surface area (TPSA) is 122 Å². The minimum Gasteiger partial charge on any atom is -0.480 e. The molecule has 0 radical (unpaired) electrons. The average molecular weight is 557 g/mol. The Morgan fingerprint density at radius 1 is 1.10 bits per heavy atom. The van der Waals surface area contributed by atoms with Gasteiger partial charge in [-0.2, -0.15) is 0 Å². The molecule has 0 spiro atoms. The average Bonchev–Trinajstić information content (AvgIpc) is 2.97. The number of carbonyl (C=O) groups is 1. The van der Waals surface area contributed by atoms with Crippen molar-refractivity contribution >= 4 is 28.2 Å². The van der Waals surface area contributed by atoms with Gasteiger partial charge in [0.1, 0.15) is 11.5 Å². The second-order valence-electron chi connectivity index (χ2n) is 11.2. The lowest BCUT2D eigenvalue weighted by Gasteiger charge is -2.37. The second kappa shape index (κ2) is 11.7. The van der Waals surface area contributed by atoms with Crippen LogP contribution in [0.3, 0.4) is 0 Å². The van der Waals surface area contributed by atoms with Crippen molar-refractivity contribution in [1.82, 2.24) is 24.8 Å². The Hall–Kier alpha value is -4.31. The van der Waals surface area contributed by atoms with Gasteiger partial charge in [-0.1, -0.05) is 6.07 Å². The third kappa shape index (κ3) is 5.92. The molecule has 41 heavy (non-hydrogen) atoms. The molecule has 3 aromatic heterocycles. The Labute approximate surface area is 239 Å². The monoisotopic (exact) mass is 556 g/mol. The number of fused-ring (bicyclic) bond motifs is 1. The number of methoxy groups -OCH3 is 2. The first-order chi connectivity index (χ1) is 19.7. The molecule has 10 nitrogen and oxygen atoms in total. The highest BCUT2D eigenvalue weighted by molar-refractivity contribution is 5.95. The van der Waals surface area contributed by atoms with E-state index in [0.717, 1.165) is 42.6 Å². The molecule has 0 bridgehead atoms. The van der Waals surface area contributed by atoms with E-state index in [0.29, 0.717) is 41.0 Å². The molecular formula is C31H36N6O4. The first kappa shape index (κ1) is 28.2. The summed E-state index contributed by atoms with van der Waals surface area (Å²) in [5, 5.41) is 4.56. The highest BCUT2D eigenvalue weighted by Gasteiger charge is 2.34. The van der Waals surface area contributed by atoms with E-state index in [1.54, 1.807) is 19.5 Å². The SMILES string of the molecule is COCC(C)(C)C(=O)N1CCC(c2ccc(Nc3nc(-c4cncc(OC)n4)cc4cc[nH]c(=O)c34)cc2C)CC1. The van der Waals surface area contributed by atoms with Crippen molar-refractivity contribution in [3.8, 4) is 17.3 Å². The number of hydrogen-bond donors (Lipinski definition) is 2. The number of likely N-dealkylation sites (tertiary alicyclic amines) is 1. The van der Waals surface area contributed by atoms with Crippen molar-refractivity contribution in [1.29, 1.82) is 0 Å². The number of benzene rings is 1. The van der Waals surface area contributed by atoms with Gasteiger partial charge in [0.15, 0.2) is 0 Å². The molecule has 0 atom stereocenters. The van der Waals surface area contributed by atoms with Crippen LogP contribution in [0.5, 0.6) is 5.88 Å². The van der Waals surface area contributed by atoms with Crippen LogP contribution < -0.4 is 15.6 Å². The van der Waals surface area contributed by atoms with Gasteiger partial charge >= 0.3 is 0 Å². The van der Waals surface area contributed by atoms with Crippen molar-refractivity contribution in [3.63, 3.8) is 0 Å². The minimum absolute atomic E-state index is 0.144. The summed E-state index contributed by atoms with van der Waals surface area (Å²) in [7, 11) is 3.16. The number of aromatic nitrogens is 4. The summed E-state index contributed by atoms with van der Waals surface area (Å²) in [5.41, 5.74) is 3.59. The predicted octanol–water partition coefficient (Wildman–Crippen LogP) is 4.82. The Balaban J connectivity index is 1.38. The van der Waals surface area contributed by atoms with Crippen LogP contribution in [0.15, 0.2) is 53.7 Å². The second-order valence-corrected chi connectivity index (χ2v) is 11.2. The number of nitrogens with one attached hydrogen (secondary N) is 2. The molecule has 4 aromatic rings. The summed E-state index contributed by atoms with van der Waals surface area (Å²) in [6.45, 7) is 7.84. The van der Waals surface area contributed by atoms with Gasteiger partial charge in [-0.3, -0.25) is 14.6 Å². The zero-order valence-corrected chi connectivity index (χ0v) is 24.2. The number of H-pyrrole nitrogens is 1. The number of aromatic amines is 1. The molecule has 0 saturated carbocycles. The molecule has 1 aromatic carbocycles. The number of hydrogen-bond acceptors (Lipinski definition) is 8. The van der Waals surface area contributed by atoms with Crippen molar-refractivity contribution < 1.29 is 14.3 Å². The van der Waals surface area contributed by atoms with Gasteiger partial charge in [0.05, 0.1) is 42.6 Å². The van der Waals surface area contributed by atoms with Crippen molar-refractivity contribution in [2.75, 3.05) is 39.2 Å². The summed E-state index contributed by atoms with van der Waals surface area (Å²) in [5.74, 6) is 1.33. The summed E-state index contributed by atoms with van der Waals surface area (Å²) < 4.78 is 10.5. The van der Waals surface area contributed by atoms with E-state index in [2.05, 4.69) is 39.3 Å². The number of carbonyl (C=O) groups excluding carboxylic acids is 1. The zero-order chi connectivity index (χ0) is 29.1. The van der Waals surface area contributed by atoms with Gasteiger partial charge in [-0.25, -0.2) is 9.97 Å². The largest absolute Gasteiger partial charge is 0.480 e. The normalized spacial score (nSPS) is 14.3. The lowest BCUT2D eigenvalue weighted by molar-refractivity contribution is -0.144. The van der Waals surface area contributed by atoms with Crippen LogP contribution in [0.25, 0.3) is 22.2 Å². The standard InChI is InChI=1S/C31H36N6O4/c1-19-14-22(6-7-23(19)20-9-12-37(13-10-20)30(39)31(2,3)18-40-4)34-28-27-21(8-11-33-29(27)38)15-24(36-28)25-16-32-17-26(35-25)41-5/h6-8,11,14-17,20H,9-10,12-13,18H2,1-5H3,(H,33,38)(H,34,36). The minimum atomic E-state index is -0.527. The van der Waals surface area contributed by atoms with E-state index < -0.39 is 5.41 Å². The van der Waals surface area contributed by atoms with E-state index in [9.17, 15) is 9.59 Å². The number of rotatable bonds is 8. The smallest absolute Gasteiger partial charge is 0.259 e. The Kier molecular flexibility index (Phi) is 8.03. The van der Waals surface area contributed by atoms with Gasteiger partial charge in [0, 0.05) is 32.1 Å². The molecule has 1 aliphatic heterocycles. The van der Waals surface area contributed by atoms with Crippen molar-refractivity contribution in [2.45, 2.75) is 39.5 Å². The molecule has 0 unspecified atom stereocenters. The summed E-state index contributed by atoms with van der Waals surface area (Å²) >= 11 is 0. The molecular weight excluding hydrogens is 520 g/mol. The molecule has 1 amide bonds. The summed E-state index contributed by atoms with van der Waals surface area (Å²) in [4.78, 5) is 44.0. The predicted molar refractivity (Wildman–Crippen MR) is 159 cm³/mol. The first-order valence-electron chi connectivity index (χ1n) is 13.7. The highest BCUT2D eigenvalue weighted by atomic mass is 16.5. The van der Waals surface area contributed by atoms with Crippen LogP contribution in [0.1, 0.15) is 43.7 Å². The number of aryl methyl sites for hydroxylation is 1. The highest BCUT2D eigenvalue weighted by Crippen LogP contribution is 2.34. The maximum atomic E-state index is 13.0. The van der Waals surface area contributed by atoms with Crippen LogP contribution in [0, 0.1) is 12.3 Å². The Bertz CT molecular complexity index is 1620. The third-order valence-corrected chi connectivity index (χ3v) is 7.68. The fourth-order valence-electron chi connectivity index (χ4n) is 5.60. The van der Waals surface area contributed by atoms with Gasteiger partial charge < -0.3 is 24.7 Å². The van der Waals surface area contributed by atoms with Gasteiger partial charge in [0.2, 0.25) is 11.8 Å². The van der Waals surface area contributed by atoms with E-state index in [4.69, 9.17) is 14.5 Å². The number of amides is 1. The number of anilines is 2. The summed E-state index contributed by atoms with van der Waals surface area (Å²) in [6, 6.07) is 9.89. The van der Waals surface area contributed by atoms with Crippen molar-refractivity contribution in [3.05, 3.63) is 70.4 Å². The molecule has 10 heteroatoms. The molecule has 4 heterocycles. The lowest BCUT2D eigenvalue weighted by atomic mass is 9.85. The van der Waals surface area contributed by atoms with Gasteiger partial charge in [-0.15, -0.1) is 0 Å². The molecule has 1 fully saturated rings. The van der Waals surface area contributed by atoms with E-state index >= 15 is 0 Å². The summed E-state index contributed by atoms with van der Waals surface area (Å²) in [6.07, 6.45) is 6.58. The number of nitrogens with zero attached hydrogens (tertiary/aromatic N) is 4. The van der Waals surface area contributed by atoms with Crippen LogP contribution in [-0.2, 0) is 9.53 Å². The molecule has 1 saturated heterocycles. The van der Waals surface area contributed by atoms with E-state index in [1.165, 1.54) is 18.9 Å². The molecule has 1 aliphatic rings. The van der Waals surface area contributed by atoms with Crippen molar-refractivity contribution in [2.24, 2.45) is 5.41 Å². The van der Waals surface area contributed by atoms with Crippen LogP contribution in [0.2, 0.25) is 0 Å². The Morgan fingerprint density at radius 3 is 2.59 bits per heavy atom. The fraction of sp³-hybridized carbons (Fsp3) is 0.387. The van der Waals surface area contributed by atoms with E-state index in [-0.39, 0.29) is 11.5 Å². The van der Waals surface area contributed by atoms with Crippen LogP contribution in [-0.4, -0.2) is 64.7 Å². The lowest BCUT2D eigenvalue weighted by Crippen LogP contribution is -2.46. The molecule has 5 rings (SSSR count). The fourth-order valence-corrected chi connectivity index (χ4v) is 5.60. The maximum Gasteiger partial charge on any atom is 0.259 e. The Morgan fingerprint density at radius 2 is 1.88 bits per heavy atom. The van der Waals surface area contributed by atoms with Gasteiger partial charge in [-0.05, 0) is 80.3 Å². The maximum absolute atomic E-state index is 13.0. The van der Waals surface area contributed by atoms with Crippen LogP contribution in [0.4, 0.5) is 11.5 Å². The number of pyridine rings is 2. The molecule has 214 valence electrons. The van der Waals surface area contributed by atoms with E-state index in [1.807, 2.05) is 36.9 Å². The first-order valence-corrected chi connectivity index (χ1v) is 13.7. The zero-order valence-electron chi connectivity index (χ0n) is 24.2. The molecule has 2 N–H and O–H groups in total.